The van der Waals surface area contributed by atoms with Crippen LogP contribution >= 0.6 is 34.8 Å². The van der Waals surface area contributed by atoms with Gasteiger partial charge in [-0.1, -0.05) is 35.3 Å². The number of amides is 2. The fraction of sp³-hybridized carbons (Fsp3) is 0.200. The number of nitrogens with one attached hydrogen (secondary N) is 1. The lowest BCUT2D eigenvalue weighted by Crippen LogP contribution is -2.22. The maximum Gasteiger partial charge on any atom is 0.245 e. The van der Waals surface area contributed by atoms with Crippen LogP contribution in [0.1, 0.15) is 11.5 Å². The van der Waals surface area contributed by atoms with E-state index < -0.39 is 23.1 Å². The van der Waals surface area contributed by atoms with Gasteiger partial charge in [-0.3, -0.25) is 14.9 Å². The predicted octanol–water partition coefficient (Wildman–Crippen LogP) is 2.34. The summed E-state index contributed by atoms with van der Waals surface area (Å²) in [6, 6.07) is 4.89. The lowest BCUT2D eigenvalue weighted by Gasteiger charge is -2.12. The summed E-state index contributed by atoms with van der Waals surface area (Å²) in [6.45, 7) is 0. The van der Waals surface area contributed by atoms with Crippen molar-refractivity contribution in [2.24, 2.45) is 0 Å². The number of imide groups is 1. The summed E-state index contributed by atoms with van der Waals surface area (Å²) < 4.78 is 0. The topological polar surface area (TPSA) is 46.2 Å². The molecule has 2 unspecified atom stereocenters. The van der Waals surface area contributed by atoms with Crippen LogP contribution in [0.15, 0.2) is 18.2 Å². The van der Waals surface area contributed by atoms with Crippen LogP contribution in [-0.4, -0.2) is 17.2 Å². The Morgan fingerprint density at radius 3 is 2.38 bits per heavy atom. The molecular weight excluding hydrogens is 272 g/mol. The standard InChI is InChI=1S/C10H6Cl3NO2/c11-5-3-1-2-4(7(5)12)6-8(13)10(16)14-9(6)15/h1-3,6,8H,(H,14,15,16). The Morgan fingerprint density at radius 1 is 1.12 bits per heavy atom. The number of carbonyl (C=O) groups is 2. The molecule has 0 bridgehead atoms. The van der Waals surface area contributed by atoms with E-state index in [0.717, 1.165) is 0 Å². The molecule has 6 heteroatoms. The van der Waals surface area contributed by atoms with E-state index in [0.29, 0.717) is 10.6 Å². The molecular formula is C10H6Cl3NO2. The average molecular weight is 279 g/mol. The second-order valence-electron chi connectivity index (χ2n) is 3.38. The van der Waals surface area contributed by atoms with Gasteiger partial charge in [0.2, 0.25) is 11.8 Å². The Bertz CT molecular complexity index is 475. The third-order valence-electron chi connectivity index (χ3n) is 2.39. The van der Waals surface area contributed by atoms with Crippen molar-refractivity contribution in [3.05, 3.63) is 33.8 Å². The highest BCUT2D eigenvalue weighted by Crippen LogP contribution is 2.36. The Hall–Kier alpha value is -0.770. The van der Waals surface area contributed by atoms with Gasteiger partial charge in [0.25, 0.3) is 0 Å². The van der Waals surface area contributed by atoms with Crippen LogP contribution in [0.2, 0.25) is 10.0 Å². The molecule has 0 spiro atoms. The summed E-state index contributed by atoms with van der Waals surface area (Å²) in [4.78, 5) is 22.8. The van der Waals surface area contributed by atoms with Crippen LogP contribution in [0.5, 0.6) is 0 Å². The number of benzene rings is 1. The Balaban J connectivity index is 2.48. The minimum atomic E-state index is -0.941. The van der Waals surface area contributed by atoms with E-state index in [2.05, 4.69) is 5.32 Å². The van der Waals surface area contributed by atoms with Crippen molar-refractivity contribution in [1.29, 1.82) is 0 Å². The van der Waals surface area contributed by atoms with Crippen molar-refractivity contribution >= 4 is 46.6 Å². The first-order valence-electron chi connectivity index (χ1n) is 4.45. The summed E-state index contributed by atoms with van der Waals surface area (Å²) in [7, 11) is 0. The molecule has 0 aromatic heterocycles. The molecule has 2 rings (SSSR count). The first-order chi connectivity index (χ1) is 7.52. The van der Waals surface area contributed by atoms with Gasteiger partial charge in [0.05, 0.1) is 16.0 Å². The maximum atomic E-state index is 11.5. The third kappa shape index (κ3) is 1.79. The molecule has 1 saturated heterocycles. The summed E-state index contributed by atoms with van der Waals surface area (Å²) in [5, 5.41) is 1.79. The van der Waals surface area contributed by atoms with Crippen LogP contribution in [0.4, 0.5) is 0 Å². The molecule has 1 heterocycles. The van der Waals surface area contributed by atoms with Crippen molar-refractivity contribution in [3.63, 3.8) is 0 Å². The fourth-order valence-electron chi connectivity index (χ4n) is 1.61. The first-order valence-corrected chi connectivity index (χ1v) is 5.64. The van der Waals surface area contributed by atoms with Gasteiger partial charge < -0.3 is 0 Å². The molecule has 3 nitrogen and oxygen atoms in total. The quantitative estimate of drug-likeness (QED) is 0.633. The summed E-state index contributed by atoms with van der Waals surface area (Å²) in [5.41, 5.74) is 0.470. The molecule has 84 valence electrons. The Kier molecular flexibility index (Phi) is 3.10. The van der Waals surface area contributed by atoms with Crippen LogP contribution in [0.25, 0.3) is 0 Å². The SMILES string of the molecule is O=C1NC(=O)C(c2cccc(Cl)c2Cl)C1Cl. The van der Waals surface area contributed by atoms with Crippen LogP contribution in [0.3, 0.4) is 0 Å². The summed E-state index contributed by atoms with van der Waals surface area (Å²) >= 11 is 17.6. The second-order valence-corrected chi connectivity index (χ2v) is 4.63. The monoisotopic (exact) mass is 277 g/mol. The summed E-state index contributed by atoms with van der Waals surface area (Å²) in [6.07, 6.45) is 0. The first kappa shape index (κ1) is 11.7. The summed E-state index contributed by atoms with van der Waals surface area (Å²) in [5.74, 6) is -1.73. The zero-order chi connectivity index (χ0) is 11.9. The van der Waals surface area contributed by atoms with E-state index in [1.807, 2.05) is 0 Å². The molecule has 1 aliphatic rings. The van der Waals surface area contributed by atoms with Crippen molar-refractivity contribution in [1.82, 2.24) is 5.32 Å². The number of halogens is 3. The number of hydrogen-bond acceptors (Lipinski definition) is 2. The average Bonchev–Trinajstić information content (AvgIpc) is 2.47. The maximum absolute atomic E-state index is 11.5. The zero-order valence-corrected chi connectivity index (χ0v) is 10.1. The van der Waals surface area contributed by atoms with E-state index in [-0.39, 0.29) is 5.02 Å². The molecule has 1 aromatic rings. The molecule has 0 saturated carbocycles. The van der Waals surface area contributed by atoms with Crippen molar-refractivity contribution < 1.29 is 9.59 Å². The van der Waals surface area contributed by atoms with Gasteiger partial charge in [0.1, 0.15) is 5.38 Å². The minimum absolute atomic E-state index is 0.254. The smallest absolute Gasteiger partial charge is 0.245 e. The highest BCUT2D eigenvalue weighted by atomic mass is 35.5. The van der Waals surface area contributed by atoms with Crippen LogP contribution < -0.4 is 5.32 Å². The lowest BCUT2D eigenvalue weighted by atomic mass is 9.97. The molecule has 2 atom stereocenters. The van der Waals surface area contributed by atoms with Crippen molar-refractivity contribution in [3.8, 4) is 0 Å². The van der Waals surface area contributed by atoms with E-state index in [4.69, 9.17) is 34.8 Å². The second kappa shape index (κ2) is 4.24. The Morgan fingerprint density at radius 2 is 1.81 bits per heavy atom. The van der Waals surface area contributed by atoms with Gasteiger partial charge >= 0.3 is 0 Å². The lowest BCUT2D eigenvalue weighted by molar-refractivity contribution is -0.125. The van der Waals surface area contributed by atoms with Crippen LogP contribution in [-0.2, 0) is 9.59 Å². The van der Waals surface area contributed by atoms with Gasteiger partial charge in [0, 0.05) is 0 Å². The van der Waals surface area contributed by atoms with Gasteiger partial charge in [-0.15, -0.1) is 11.6 Å². The van der Waals surface area contributed by atoms with E-state index >= 15 is 0 Å². The van der Waals surface area contributed by atoms with E-state index in [9.17, 15) is 9.59 Å². The van der Waals surface area contributed by atoms with Gasteiger partial charge in [-0.2, -0.15) is 0 Å². The molecule has 1 N–H and O–H groups in total. The molecule has 1 aliphatic heterocycles. The molecule has 0 radical (unpaired) electrons. The number of hydrogen-bond donors (Lipinski definition) is 1. The molecule has 2 amide bonds. The van der Waals surface area contributed by atoms with Gasteiger partial charge in [-0.05, 0) is 11.6 Å². The predicted molar refractivity (Wildman–Crippen MR) is 62.0 cm³/mol. The number of carbonyl (C=O) groups excluding carboxylic acids is 2. The molecule has 1 aromatic carbocycles. The van der Waals surface area contributed by atoms with Crippen LogP contribution in [0, 0.1) is 0 Å². The number of alkyl halides is 1. The van der Waals surface area contributed by atoms with E-state index in [1.54, 1.807) is 18.2 Å². The molecule has 0 aliphatic carbocycles. The normalized spacial score (nSPS) is 24.7. The minimum Gasteiger partial charge on any atom is -0.295 e. The fourth-order valence-corrected chi connectivity index (χ4v) is 2.34. The van der Waals surface area contributed by atoms with Gasteiger partial charge in [0.15, 0.2) is 0 Å². The molecule has 16 heavy (non-hydrogen) atoms. The highest BCUT2D eigenvalue weighted by molar-refractivity contribution is 6.43. The largest absolute Gasteiger partial charge is 0.295 e. The zero-order valence-electron chi connectivity index (χ0n) is 7.84. The molecule has 1 fully saturated rings. The third-order valence-corrected chi connectivity index (χ3v) is 3.67. The van der Waals surface area contributed by atoms with Gasteiger partial charge in [-0.25, -0.2) is 0 Å². The van der Waals surface area contributed by atoms with Crippen molar-refractivity contribution in [2.75, 3.05) is 0 Å². The van der Waals surface area contributed by atoms with E-state index in [1.165, 1.54) is 0 Å². The highest BCUT2D eigenvalue weighted by Gasteiger charge is 2.42. The van der Waals surface area contributed by atoms with Crippen molar-refractivity contribution in [2.45, 2.75) is 11.3 Å². The Labute approximate surface area is 107 Å². The number of rotatable bonds is 1.